The highest BCUT2D eigenvalue weighted by Crippen LogP contribution is 2.31. The van der Waals surface area contributed by atoms with E-state index >= 15 is 0 Å². The number of nitrogens with zero attached hydrogens (tertiary/aromatic N) is 1. The van der Waals surface area contributed by atoms with Gasteiger partial charge in [0, 0.05) is 18.8 Å². The Bertz CT molecular complexity index is 1070. The number of rotatable bonds is 5. The Balaban J connectivity index is 1.84. The fourth-order valence-corrected chi connectivity index (χ4v) is 6.58. The molecule has 1 atom stereocenters. The molecule has 2 aromatic rings. The Kier molecular flexibility index (Phi) is 6.92. The molecule has 6 heteroatoms. The van der Waals surface area contributed by atoms with Crippen molar-refractivity contribution < 1.29 is 13.2 Å². The first kappa shape index (κ1) is 23.5. The van der Waals surface area contributed by atoms with Crippen LogP contribution in [0.5, 0.6) is 0 Å². The molecule has 168 valence electrons. The minimum absolute atomic E-state index is 0.103. The molecule has 0 bridgehead atoms. The van der Waals surface area contributed by atoms with Crippen LogP contribution >= 0.6 is 0 Å². The van der Waals surface area contributed by atoms with Crippen LogP contribution in [0.1, 0.15) is 60.4 Å². The number of aryl methyl sites for hydroxylation is 4. The van der Waals surface area contributed by atoms with Crippen molar-refractivity contribution in [2.75, 3.05) is 18.4 Å². The molecule has 1 amide bonds. The molecule has 3 rings (SSSR count). The molecule has 0 radical (unpaired) electrons. The van der Waals surface area contributed by atoms with Crippen LogP contribution in [-0.2, 0) is 14.8 Å². The van der Waals surface area contributed by atoms with Crippen molar-refractivity contribution in [1.82, 2.24) is 4.31 Å². The number of amides is 1. The van der Waals surface area contributed by atoms with Crippen molar-refractivity contribution in [3.63, 3.8) is 0 Å². The molecule has 1 aliphatic heterocycles. The van der Waals surface area contributed by atoms with Crippen molar-refractivity contribution in [3.8, 4) is 0 Å². The van der Waals surface area contributed by atoms with Gasteiger partial charge >= 0.3 is 0 Å². The third-order valence-corrected chi connectivity index (χ3v) is 8.30. The summed E-state index contributed by atoms with van der Waals surface area (Å²) >= 11 is 0. The molecule has 1 aliphatic rings. The molecule has 31 heavy (non-hydrogen) atoms. The summed E-state index contributed by atoms with van der Waals surface area (Å²) in [5.41, 5.74) is 5.53. The molecule has 1 fully saturated rings. The maximum atomic E-state index is 13.5. The Morgan fingerprint density at radius 2 is 1.71 bits per heavy atom. The number of nitrogens with one attached hydrogen (secondary N) is 1. The molecule has 1 N–H and O–H groups in total. The predicted molar refractivity (Wildman–Crippen MR) is 126 cm³/mol. The molecule has 1 heterocycles. The zero-order valence-electron chi connectivity index (χ0n) is 19.5. The summed E-state index contributed by atoms with van der Waals surface area (Å²) in [6.45, 7) is 12.5. The number of hydrogen-bond acceptors (Lipinski definition) is 3. The van der Waals surface area contributed by atoms with Crippen molar-refractivity contribution in [1.29, 1.82) is 0 Å². The second kappa shape index (κ2) is 9.13. The monoisotopic (exact) mass is 442 g/mol. The maximum absolute atomic E-state index is 13.5. The molecule has 2 aromatic carbocycles. The van der Waals surface area contributed by atoms with Crippen LogP contribution in [0.3, 0.4) is 0 Å². The zero-order valence-corrected chi connectivity index (χ0v) is 20.3. The van der Waals surface area contributed by atoms with E-state index in [0.29, 0.717) is 24.3 Å². The molecule has 0 aliphatic carbocycles. The van der Waals surface area contributed by atoms with Crippen LogP contribution in [0.4, 0.5) is 5.69 Å². The molecule has 1 saturated heterocycles. The number of hydrogen-bond donors (Lipinski definition) is 1. The number of sulfonamides is 1. The summed E-state index contributed by atoms with van der Waals surface area (Å²) in [5.74, 6) is -0.187. The quantitative estimate of drug-likeness (QED) is 0.702. The van der Waals surface area contributed by atoms with Gasteiger partial charge in [-0.25, -0.2) is 8.42 Å². The number of carbonyl (C=O) groups excluding carboxylic acids is 1. The molecular formula is C25H34N2O3S. The summed E-state index contributed by atoms with van der Waals surface area (Å²) in [5, 5.41) is 3.11. The molecule has 0 spiro atoms. The van der Waals surface area contributed by atoms with Crippen LogP contribution < -0.4 is 5.32 Å². The third-order valence-electron chi connectivity index (χ3n) is 6.13. The van der Waals surface area contributed by atoms with E-state index in [1.165, 1.54) is 4.31 Å². The van der Waals surface area contributed by atoms with Gasteiger partial charge in [-0.05, 0) is 68.7 Å². The maximum Gasteiger partial charge on any atom is 0.243 e. The third kappa shape index (κ3) is 4.85. The van der Waals surface area contributed by atoms with Gasteiger partial charge in [-0.1, -0.05) is 49.7 Å². The summed E-state index contributed by atoms with van der Waals surface area (Å²) < 4.78 is 28.4. The molecular weight excluding hydrogens is 408 g/mol. The first-order valence-corrected chi connectivity index (χ1v) is 12.4. The largest absolute Gasteiger partial charge is 0.325 e. The fraction of sp³-hybridized carbons (Fsp3) is 0.480. The molecule has 5 nitrogen and oxygen atoms in total. The summed E-state index contributed by atoms with van der Waals surface area (Å²) in [4.78, 5) is 13.5. The van der Waals surface area contributed by atoms with Gasteiger partial charge in [0.25, 0.3) is 0 Å². The van der Waals surface area contributed by atoms with E-state index in [9.17, 15) is 13.2 Å². The van der Waals surface area contributed by atoms with E-state index in [2.05, 4.69) is 19.2 Å². The van der Waals surface area contributed by atoms with E-state index in [1.807, 2.05) is 58.0 Å². The van der Waals surface area contributed by atoms with E-state index in [0.717, 1.165) is 33.5 Å². The van der Waals surface area contributed by atoms with Crippen molar-refractivity contribution in [2.24, 2.45) is 5.92 Å². The van der Waals surface area contributed by atoms with Crippen molar-refractivity contribution >= 4 is 21.6 Å². The van der Waals surface area contributed by atoms with Gasteiger partial charge in [0.15, 0.2) is 0 Å². The highest BCUT2D eigenvalue weighted by atomic mass is 32.2. The van der Waals surface area contributed by atoms with Crippen LogP contribution in [0.25, 0.3) is 0 Å². The van der Waals surface area contributed by atoms with Crippen LogP contribution in [-0.4, -0.2) is 31.7 Å². The average Bonchev–Trinajstić information content (AvgIpc) is 2.68. The lowest BCUT2D eigenvalue weighted by atomic mass is 9.95. The lowest BCUT2D eigenvalue weighted by molar-refractivity contribution is -0.120. The standard InChI is InChI=1S/C25H34N2O3S/c1-16(2)22-11-7-9-18(4)23(22)26-25(28)21-10-8-12-27(15-21)31(29,30)24-19(5)13-17(3)14-20(24)6/h7,9,11,13-14,16,21H,8,10,12,15H2,1-6H3,(H,26,28)/t21-/m0/s1. The Morgan fingerprint density at radius 1 is 1.06 bits per heavy atom. The lowest BCUT2D eigenvalue weighted by Crippen LogP contribution is -2.44. The van der Waals surface area contributed by atoms with E-state index in [4.69, 9.17) is 0 Å². The minimum Gasteiger partial charge on any atom is -0.325 e. The number of piperidine rings is 1. The van der Waals surface area contributed by atoms with E-state index in [1.54, 1.807) is 0 Å². The van der Waals surface area contributed by atoms with Gasteiger partial charge in [0.1, 0.15) is 0 Å². The van der Waals surface area contributed by atoms with Gasteiger partial charge in [0.2, 0.25) is 15.9 Å². The minimum atomic E-state index is -3.66. The van der Waals surface area contributed by atoms with Gasteiger partial charge in [-0.2, -0.15) is 4.31 Å². The molecule has 0 saturated carbocycles. The molecule has 0 unspecified atom stereocenters. The Hall–Kier alpha value is -2.18. The second-order valence-corrected chi connectivity index (χ2v) is 11.0. The first-order chi connectivity index (χ1) is 14.5. The number of carbonyl (C=O) groups is 1. The number of benzene rings is 2. The van der Waals surface area contributed by atoms with E-state index in [-0.39, 0.29) is 24.3 Å². The summed E-state index contributed by atoms with van der Waals surface area (Å²) in [6.07, 6.45) is 1.36. The highest BCUT2D eigenvalue weighted by Gasteiger charge is 2.35. The lowest BCUT2D eigenvalue weighted by Gasteiger charge is -2.32. The van der Waals surface area contributed by atoms with E-state index < -0.39 is 10.0 Å². The Morgan fingerprint density at radius 3 is 2.32 bits per heavy atom. The van der Waals surface area contributed by atoms with Gasteiger partial charge in [-0.3, -0.25) is 4.79 Å². The fourth-order valence-electron chi connectivity index (χ4n) is 4.65. The number of para-hydroxylation sites is 1. The molecule has 0 aromatic heterocycles. The SMILES string of the molecule is Cc1cc(C)c(S(=O)(=O)N2CCC[C@H](C(=O)Nc3c(C)cccc3C(C)C)C2)c(C)c1. The average molecular weight is 443 g/mol. The van der Waals surface area contributed by atoms with Gasteiger partial charge in [-0.15, -0.1) is 0 Å². The zero-order chi connectivity index (χ0) is 22.9. The summed E-state index contributed by atoms with van der Waals surface area (Å²) in [6, 6.07) is 9.83. The van der Waals surface area contributed by atoms with Crippen molar-refractivity contribution in [3.05, 3.63) is 58.1 Å². The van der Waals surface area contributed by atoms with Gasteiger partial charge in [0.05, 0.1) is 10.8 Å². The topological polar surface area (TPSA) is 66.5 Å². The number of anilines is 1. The van der Waals surface area contributed by atoms with Crippen molar-refractivity contribution in [2.45, 2.75) is 65.2 Å². The predicted octanol–water partition coefficient (Wildman–Crippen LogP) is 5.08. The highest BCUT2D eigenvalue weighted by molar-refractivity contribution is 7.89. The smallest absolute Gasteiger partial charge is 0.243 e. The normalized spacial score (nSPS) is 17.7. The van der Waals surface area contributed by atoms with Crippen LogP contribution in [0, 0.1) is 33.6 Å². The second-order valence-electron chi connectivity index (χ2n) is 9.11. The van der Waals surface area contributed by atoms with Crippen LogP contribution in [0.2, 0.25) is 0 Å². The van der Waals surface area contributed by atoms with Gasteiger partial charge < -0.3 is 5.32 Å². The summed E-state index contributed by atoms with van der Waals surface area (Å²) in [7, 11) is -3.66. The Labute approximate surface area is 186 Å². The first-order valence-electron chi connectivity index (χ1n) is 11.0. The van der Waals surface area contributed by atoms with Crippen LogP contribution in [0.15, 0.2) is 35.2 Å².